The third kappa shape index (κ3) is 3.07. The SMILES string of the molecule is O=C(NCc1ccco1)NC1(C(F)(F)F)Oc2ccc(Cl)cc2O1. The van der Waals surface area contributed by atoms with Crippen molar-refractivity contribution in [2.24, 2.45) is 0 Å². The van der Waals surface area contributed by atoms with Gasteiger partial charge >= 0.3 is 18.1 Å². The van der Waals surface area contributed by atoms with Crippen LogP contribution in [0.15, 0.2) is 41.0 Å². The second-order valence-corrected chi connectivity index (χ2v) is 5.23. The molecule has 0 fully saturated rings. The maximum absolute atomic E-state index is 13.4. The molecule has 1 aromatic carbocycles. The molecule has 0 bridgehead atoms. The number of ether oxygens (including phenoxy) is 2. The fraction of sp³-hybridized carbons (Fsp3) is 0.214. The number of hydrogen-bond donors (Lipinski definition) is 2. The van der Waals surface area contributed by atoms with Gasteiger partial charge in [0.15, 0.2) is 11.5 Å². The molecule has 2 aromatic rings. The molecule has 0 saturated carbocycles. The summed E-state index contributed by atoms with van der Waals surface area (Å²) in [6, 6.07) is 5.70. The Kier molecular flexibility index (Phi) is 3.96. The summed E-state index contributed by atoms with van der Waals surface area (Å²) in [5, 5.41) is 4.04. The van der Waals surface area contributed by atoms with Crippen molar-refractivity contribution in [2.75, 3.05) is 0 Å². The lowest BCUT2D eigenvalue weighted by Gasteiger charge is -2.29. The van der Waals surface area contributed by atoms with Crippen LogP contribution in [0.2, 0.25) is 5.02 Å². The van der Waals surface area contributed by atoms with Crippen molar-refractivity contribution >= 4 is 17.6 Å². The Balaban J connectivity index is 1.75. The Bertz CT molecular complexity index is 751. The van der Waals surface area contributed by atoms with Crippen molar-refractivity contribution in [3.8, 4) is 11.5 Å². The Morgan fingerprint density at radius 1 is 1.21 bits per heavy atom. The van der Waals surface area contributed by atoms with Gasteiger partial charge in [-0.15, -0.1) is 0 Å². The lowest BCUT2D eigenvalue weighted by molar-refractivity contribution is -0.317. The summed E-state index contributed by atoms with van der Waals surface area (Å²) >= 11 is 5.72. The van der Waals surface area contributed by atoms with Crippen LogP contribution in [0.1, 0.15) is 5.76 Å². The number of carbonyl (C=O) groups excluding carboxylic acids is 1. The standard InChI is InChI=1S/C14H10ClF3N2O4/c15-8-3-4-10-11(6-8)24-14(23-10,13(16,17)18)20-12(21)19-7-9-2-1-5-22-9/h1-6H,7H2,(H2,19,20,21). The van der Waals surface area contributed by atoms with E-state index in [1.54, 1.807) is 17.4 Å². The van der Waals surface area contributed by atoms with Crippen molar-refractivity contribution in [1.29, 1.82) is 0 Å². The summed E-state index contributed by atoms with van der Waals surface area (Å²) in [5.74, 6) is -3.39. The number of halogens is 4. The summed E-state index contributed by atoms with van der Waals surface area (Å²) in [6.45, 7) is -0.106. The second-order valence-electron chi connectivity index (χ2n) is 4.80. The van der Waals surface area contributed by atoms with Gasteiger partial charge in [0.05, 0.1) is 12.8 Å². The van der Waals surface area contributed by atoms with E-state index in [2.05, 4.69) is 5.32 Å². The lowest BCUT2D eigenvalue weighted by atomic mass is 10.3. The Labute approximate surface area is 138 Å². The number of carbonyl (C=O) groups is 1. The van der Waals surface area contributed by atoms with Gasteiger partial charge in [-0.25, -0.2) is 4.79 Å². The van der Waals surface area contributed by atoms with Crippen LogP contribution in [0.4, 0.5) is 18.0 Å². The van der Waals surface area contributed by atoms with E-state index < -0.39 is 18.1 Å². The predicted molar refractivity (Wildman–Crippen MR) is 75.6 cm³/mol. The van der Waals surface area contributed by atoms with Crippen LogP contribution in [0, 0.1) is 0 Å². The largest absolute Gasteiger partial charge is 0.492 e. The molecule has 3 rings (SSSR count). The van der Waals surface area contributed by atoms with E-state index in [0.29, 0.717) is 5.76 Å². The first-order chi connectivity index (χ1) is 11.3. The number of hydrogen-bond acceptors (Lipinski definition) is 4. The fourth-order valence-electron chi connectivity index (χ4n) is 1.99. The molecule has 2 N–H and O–H groups in total. The zero-order chi connectivity index (χ0) is 17.4. The minimum Gasteiger partial charge on any atom is -0.467 e. The van der Waals surface area contributed by atoms with Gasteiger partial charge in [0.25, 0.3) is 0 Å². The van der Waals surface area contributed by atoms with Crippen molar-refractivity contribution < 1.29 is 31.9 Å². The van der Waals surface area contributed by atoms with E-state index >= 15 is 0 Å². The van der Waals surface area contributed by atoms with Crippen LogP contribution in [-0.4, -0.2) is 18.1 Å². The summed E-state index contributed by atoms with van der Waals surface area (Å²) in [6.07, 6.45) is -3.67. The fourth-order valence-corrected chi connectivity index (χ4v) is 2.15. The molecule has 128 valence electrons. The van der Waals surface area contributed by atoms with Gasteiger partial charge in [-0.2, -0.15) is 13.2 Å². The van der Waals surface area contributed by atoms with E-state index in [4.69, 9.17) is 25.5 Å². The number of amides is 2. The molecule has 1 aliphatic rings. The molecule has 2 amide bonds. The van der Waals surface area contributed by atoms with Crippen LogP contribution >= 0.6 is 11.6 Å². The minimum absolute atomic E-state index is 0.106. The summed E-state index contributed by atoms with van der Waals surface area (Å²) < 4.78 is 54.8. The first-order valence-corrected chi connectivity index (χ1v) is 6.99. The molecule has 1 aliphatic heterocycles. The molecule has 10 heteroatoms. The van der Waals surface area contributed by atoms with Gasteiger partial charge in [-0.3, -0.25) is 5.32 Å². The second kappa shape index (κ2) is 5.82. The lowest BCUT2D eigenvalue weighted by Crippen LogP contribution is -2.66. The minimum atomic E-state index is -5.04. The zero-order valence-electron chi connectivity index (χ0n) is 11.8. The van der Waals surface area contributed by atoms with Crippen LogP contribution in [0.3, 0.4) is 0 Å². The normalized spacial score (nSPS) is 19.2. The Hall–Kier alpha value is -2.55. The number of rotatable bonds is 3. The van der Waals surface area contributed by atoms with E-state index in [0.717, 1.165) is 6.07 Å². The predicted octanol–water partition coefficient (Wildman–Crippen LogP) is 3.42. The molecule has 24 heavy (non-hydrogen) atoms. The summed E-state index contributed by atoms with van der Waals surface area (Å²) in [5.41, 5.74) is 0. The monoisotopic (exact) mass is 362 g/mol. The maximum Gasteiger partial charge on any atom is 0.492 e. The van der Waals surface area contributed by atoms with Gasteiger partial charge in [-0.1, -0.05) is 11.6 Å². The van der Waals surface area contributed by atoms with Gasteiger partial charge < -0.3 is 19.2 Å². The Morgan fingerprint density at radius 2 is 1.96 bits per heavy atom. The third-order valence-electron chi connectivity index (χ3n) is 3.07. The van der Waals surface area contributed by atoms with Crippen molar-refractivity contribution in [2.45, 2.75) is 18.6 Å². The molecule has 0 aliphatic carbocycles. The van der Waals surface area contributed by atoms with E-state index in [9.17, 15) is 18.0 Å². The molecule has 1 atom stereocenters. The van der Waals surface area contributed by atoms with Gasteiger partial charge in [0.1, 0.15) is 5.76 Å². The topological polar surface area (TPSA) is 72.7 Å². The van der Waals surface area contributed by atoms with Crippen molar-refractivity contribution in [3.05, 3.63) is 47.4 Å². The molecular weight excluding hydrogens is 353 g/mol. The number of alkyl halides is 3. The third-order valence-corrected chi connectivity index (χ3v) is 3.30. The smallest absolute Gasteiger partial charge is 0.467 e. The van der Waals surface area contributed by atoms with Crippen molar-refractivity contribution in [1.82, 2.24) is 10.6 Å². The first kappa shape index (κ1) is 16.3. The highest BCUT2D eigenvalue weighted by Crippen LogP contribution is 2.45. The molecule has 6 nitrogen and oxygen atoms in total. The van der Waals surface area contributed by atoms with Gasteiger partial charge in [-0.05, 0) is 24.3 Å². The average Bonchev–Trinajstić information content (AvgIpc) is 3.11. The van der Waals surface area contributed by atoms with E-state index in [-0.39, 0.29) is 23.1 Å². The van der Waals surface area contributed by atoms with Crippen LogP contribution in [0.5, 0.6) is 11.5 Å². The average molecular weight is 363 g/mol. The number of urea groups is 1. The summed E-state index contributed by atoms with van der Waals surface area (Å²) in [7, 11) is 0. The maximum atomic E-state index is 13.4. The van der Waals surface area contributed by atoms with Crippen LogP contribution in [0.25, 0.3) is 0 Å². The van der Waals surface area contributed by atoms with Gasteiger partial charge in [0.2, 0.25) is 0 Å². The molecule has 0 spiro atoms. The number of fused-ring (bicyclic) bond motifs is 1. The van der Waals surface area contributed by atoms with Crippen LogP contribution < -0.4 is 20.1 Å². The molecule has 1 unspecified atom stereocenters. The van der Waals surface area contributed by atoms with E-state index in [1.165, 1.54) is 18.4 Å². The Morgan fingerprint density at radius 3 is 2.62 bits per heavy atom. The highest BCUT2D eigenvalue weighted by atomic mass is 35.5. The van der Waals surface area contributed by atoms with Crippen LogP contribution in [-0.2, 0) is 6.54 Å². The molecule has 1 aromatic heterocycles. The van der Waals surface area contributed by atoms with E-state index in [1.807, 2.05) is 0 Å². The molecule has 0 radical (unpaired) electrons. The number of benzene rings is 1. The first-order valence-electron chi connectivity index (χ1n) is 6.62. The van der Waals surface area contributed by atoms with Crippen molar-refractivity contribution in [3.63, 3.8) is 0 Å². The van der Waals surface area contributed by atoms with Gasteiger partial charge in [0, 0.05) is 11.1 Å². The summed E-state index contributed by atoms with van der Waals surface area (Å²) in [4.78, 5) is 11.8. The number of nitrogens with one attached hydrogen (secondary N) is 2. The quantitative estimate of drug-likeness (QED) is 0.877. The highest BCUT2D eigenvalue weighted by molar-refractivity contribution is 6.30. The molecule has 2 heterocycles. The number of furan rings is 1. The zero-order valence-corrected chi connectivity index (χ0v) is 12.6. The molecule has 0 saturated heterocycles. The highest BCUT2D eigenvalue weighted by Gasteiger charge is 2.65. The molecular formula is C14H10ClF3N2O4.